The Kier molecular flexibility index (Phi) is 5.09. The zero-order valence-electron chi connectivity index (χ0n) is 9.70. The van der Waals surface area contributed by atoms with Gasteiger partial charge in [0.05, 0.1) is 0 Å². The van der Waals surface area contributed by atoms with Crippen molar-refractivity contribution in [1.82, 2.24) is 0 Å². The molecule has 0 amide bonds. The largest absolute Gasteiger partial charge is 0.299 e. The van der Waals surface area contributed by atoms with Crippen molar-refractivity contribution in [3.8, 4) is 0 Å². The van der Waals surface area contributed by atoms with Crippen LogP contribution in [0.1, 0.15) is 51.0 Å². The number of carbonyl (C=O) groups is 1. The van der Waals surface area contributed by atoms with Crippen molar-refractivity contribution >= 4 is 5.78 Å². The van der Waals surface area contributed by atoms with Gasteiger partial charge in [-0.25, -0.2) is 0 Å². The number of benzene rings is 1. The summed E-state index contributed by atoms with van der Waals surface area (Å²) in [7, 11) is 0. The lowest BCUT2D eigenvalue weighted by Crippen LogP contribution is -2.08. The van der Waals surface area contributed by atoms with Crippen molar-refractivity contribution in [3.63, 3.8) is 0 Å². The van der Waals surface area contributed by atoms with Crippen LogP contribution in [0, 0.1) is 0 Å². The lowest BCUT2D eigenvalue weighted by Gasteiger charge is -2.10. The SMILES string of the molecule is CCCCCC(=O)C(C)c1ccccc1. The van der Waals surface area contributed by atoms with Gasteiger partial charge in [-0.05, 0) is 12.0 Å². The third-order valence-corrected chi connectivity index (χ3v) is 2.81. The van der Waals surface area contributed by atoms with Gasteiger partial charge in [-0.1, -0.05) is 57.0 Å². The fourth-order valence-electron chi connectivity index (χ4n) is 1.69. The van der Waals surface area contributed by atoms with Crippen molar-refractivity contribution in [2.24, 2.45) is 0 Å². The van der Waals surface area contributed by atoms with E-state index in [-0.39, 0.29) is 5.92 Å². The second kappa shape index (κ2) is 6.39. The standard InChI is InChI=1S/C14H20O/c1-3-4-6-11-14(15)12(2)13-9-7-5-8-10-13/h5,7-10,12H,3-4,6,11H2,1-2H3. The van der Waals surface area contributed by atoms with Gasteiger partial charge in [0.25, 0.3) is 0 Å². The van der Waals surface area contributed by atoms with E-state index in [1.165, 1.54) is 6.42 Å². The summed E-state index contributed by atoms with van der Waals surface area (Å²) in [6.45, 7) is 4.16. The van der Waals surface area contributed by atoms with E-state index in [0.29, 0.717) is 5.78 Å². The van der Waals surface area contributed by atoms with Crippen LogP contribution in [0.15, 0.2) is 30.3 Å². The number of unbranched alkanes of at least 4 members (excludes halogenated alkanes) is 2. The quantitative estimate of drug-likeness (QED) is 0.641. The van der Waals surface area contributed by atoms with E-state index in [4.69, 9.17) is 0 Å². The second-order valence-corrected chi connectivity index (χ2v) is 4.06. The lowest BCUT2D eigenvalue weighted by atomic mass is 9.94. The summed E-state index contributed by atoms with van der Waals surface area (Å²) in [4.78, 5) is 11.8. The first-order chi connectivity index (χ1) is 7.25. The molecule has 0 radical (unpaired) electrons. The Hall–Kier alpha value is -1.11. The van der Waals surface area contributed by atoms with Gasteiger partial charge >= 0.3 is 0 Å². The zero-order valence-corrected chi connectivity index (χ0v) is 9.70. The summed E-state index contributed by atoms with van der Waals surface area (Å²) in [6.07, 6.45) is 4.09. The van der Waals surface area contributed by atoms with Crippen LogP contribution in [-0.2, 0) is 4.79 Å². The van der Waals surface area contributed by atoms with Crippen molar-refractivity contribution in [3.05, 3.63) is 35.9 Å². The maximum Gasteiger partial charge on any atom is 0.140 e. The molecule has 1 heteroatoms. The predicted molar refractivity (Wildman–Crippen MR) is 64.0 cm³/mol. The Balaban J connectivity index is 2.46. The molecule has 0 heterocycles. The van der Waals surface area contributed by atoms with Crippen LogP contribution in [-0.4, -0.2) is 5.78 Å². The minimum Gasteiger partial charge on any atom is -0.299 e. The molecule has 0 aliphatic rings. The molecular weight excluding hydrogens is 184 g/mol. The van der Waals surface area contributed by atoms with E-state index in [2.05, 4.69) is 6.92 Å². The highest BCUT2D eigenvalue weighted by atomic mass is 16.1. The third-order valence-electron chi connectivity index (χ3n) is 2.81. The van der Waals surface area contributed by atoms with Gasteiger partial charge in [-0.3, -0.25) is 4.79 Å². The summed E-state index contributed by atoms with van der Waals surface area (Å²) in [5, 5.41) is 0. The molecule has 1 atom stereocenters. The number of hydrogen-bond acceptors (Lipinski definition) is 1. The maximum atomic E-state index is 11.8. The maximum absolute atomic E-state index is 11.8. The molecule has 0 aliphatic heterocycles. The van der Waals surface area contributed by atoms with Crippen LogP contribution in [0.4, 0.5) is 0 Å². The van der Waals surface area contributed by atoms with Gasteiger partial charge in [0.1, 0.15) is 5.78 Å². The Bertz CT molecular complexity index is 289. The van der Waals surface area contributed by atoms with Gasteiger partial charge in [0, 0.05) is 12.3 Å². The average molecular weight is 204 g/mol. The first-order valence-electron chi connectivity index (χ1n) is 5.83. The Morgan fingerprint density at radius 3 is 2.47 bits per heavy atom. The summed E-state index contributed by atoms with van der Waals surface area (Å²) < 4.78 is 0. The molecule has 0 aliphatic carbocycles. The molecule has 0 spiro atoms. The first-order valence-corrected chi connectivity index (χ1v) is 5.83. The van der Waals surface area contributed by atoms with Gasteiger partial charge in [-0.2, -0.15) is 0 Å². The molecule has 0 N–H and O–H groups in total. The Morgan fingerprint density at radius 2 is 1.87 bits per heavy atom. The number of rotatable bonds is 6. The van der Waals surface area contributed by atoms with E-state index in [1.807, 2.05) is 37.3 Å². The molecule has 0 fully saturated rings. The molecule has 1 rings (SSSR count). The Morgan fingerprint density at radius 1 is 1.20 bits per heavy atom. The predicted octanol–water partition coefficient (Wildman–Crippen LogP) is 3.94. The minimum absolute atomic E-state index is 0.0584. The average Bonchev–Trinajstić information content (AvgIpc) is 2.29. The van der Waals surface area contributed by atoms with Gasteiger partial charge < -0.3 is 0 Å². The number of ketones is 1. The van der Waals surface area contributed by atoms with Gasteiger partial charge in [0.2, 0.25) is 0 Å². The molecule has 82 valence electrons. The smallest absolute Gasteiger partial charge is 0.140 e. The molecule has 0 saturated heterocycles. The molecule has 0 saturated carbocycles. The van der Waals surface area contributed by atoms with E-state index < -0.39 is 0 Å². The highest BCUT2D eigenvalue weighted by molar-refractivity contribution is 5.85. The van der Waals surface area contributed by atoms with E-state index >= 15 is 0 Å². The molecule has 1 aromatic carbocycles. The first kappa shape index (κ1) is 12.0. The van der Waals surface area contributed by atoms with Gasteiger partial charge in [-0.15, -0.1) is 0 Å². The van der Waals surface area contributed by atoms with Crippen LogP contribution in [0.3, 0.4) is 0 Å². The molecule has 1 aromatic rings. The summed E-state index contributed by atoms with van der Waals surface area (Å²) in [6, 6.07) is 10.0. The minimum atomic E-state index is 0.0584. The summed E-state index contributed by atoms with van der Waals surface area (Å²) in [5.41, 5.74) is 1.14. The zero-order chi connectivity index (χ0) is 11.1. The molecule has 0 aromatic heterocycles. The number of hydrogen-bond donors (Lipinski definition) is 0. The normalized spacial score (nSPS) is 12.4. The third kappa shape index (κ3) is 3.86. The summed E-state index contributed by atoms with van der Waals surface area (Å²) in [5.74, 6) is 0.428. The van der Waals surface area contributed by atoms with E-state index in [0.717, 1.165) is 24.8 Å². The summed E-state index contributed by atoms with van der Waals surface area (Å²) >= 11 is 0. The number of carbonyl (C=O) groups excluding carboxylic acids is 1. The van der Waals surface area contributed by atoms with Crippen molar-refractivity contribution in [1.29, 1.82) is 0 Å². The highest BCUT2D eigenvalue weighted by Gasteiger charge is 2.13. The number of Topliss-reactive ketones (excluding diaryl/α,β-unsaturated/α-hetero) is 1. The molecular formula is C14H20O. The second-order valence-electron chi connectivity index (χ2n) is 4.06. The lowest BCUT2D eigenvalue weighted by molar-refractivity contribution is -0.120. The highest BCUT2D eigenvalue weighted by Crippen LogP contribution is 2.18. The topological polar surface area (TPSA) is 17.1 Å². The van der Waals surface area contributed by atoms with Crippen LogP contribution in [0.5, 0.6) is 0 Å². The fraction of sp³-hybridized carbons (Fsp3) is 0.500. The monoisotopic (exact) mass is 204 g/mol. The molecule has 15 heavy (non-hydrogen) atoms. The van der Waals surface area contributed by atoms with Crippen LogP contribution in [0.2, 0.25) is 0 Å². The van der Waals surface area contributed by atoms with Crippen molar-refractivity contribution in [2.75, 3.05) is 0 Å². The van der Waals surface area contributed by atoms with Crippen LogP contribution >= 0.6 is 0 Å². The van der Waals surface area contributed by atoms with Gasteiger partial charge in [0.15, 0.2) is 0 Å². The molecule has 1 unspecified atom stereocenters. The van der Waals surface area contributed by atoms with Crippen LogP contribution < -0.4 is 0 Å². The van der Waals surface area contributed by atoms with E-state index in [9.17, 15) is 4.79 Å². The van der Waals surface area contributed by atoms with Crippen LogP contribution in [0.25, 0.3) is 0 Å². The Labute approximate surface area is 92.5 Å². The molecule has 0 bridgehead atoms. The fourth-order valence-corrected chi connectivity index (χ4v) is 1.69. The van der Waals surface area contributed by atoms with E-state index in [1.54, 1.807) is 0 Å². The molecule has 1 nitrogen and oxygen atoms in total. The van der Waals surface area contributed by atoms with Crippen molar-refractivity contribution in [2.45, 2.75) is 45.4 Å². The van der Waals surface area contributed by atoms with Crippen molar-refractivity contribution < 1.29 is 4.79 Å².